The van der Waals surface area contributed by atoms with Crippen molar-refractivity contribution in [3.63, 3.8) is 0 Å². The van der Waals surface area contributed by atoms with Crippen molar-refractivity contribution in [3.05, 3.63) is 81.1 Å². The minimum absolute atomic E-state index is 0.216. The first kappa shape index (κ1) is 19.9. The SMILES string of the molecule is O=C(COc1cccc(Cl)c1Cl)NCCn1nc(-c2ccccc2)ccc1=O. The van der Waals surface area contributed by atoms with E-state index < -0.39 is 0 Å². The summed E-state index contributed by atoms with van der Waals surface area (Å²) in [6, 6.07) is 17.6. The van der Waals surface area contributed by atoms with E-state index in [2.05, 4.69) is 10.4 Å². The van der Waals surface area contributed by atoms with Crippen LogP contribution in [-0.2, 0) is 11.3 Å². The minimum atomic E-state index is -0.344. The van der Waals surface area contributed by atoms with Gasteiger partial charge in [-0.25, -0.2) is 4.68 Å². The maximum atomic E-state index is 12.0. The van der Waals surface area contributed by atoms with Crippen molar-refractivity contribution in [1.82, 2.24) is 15.1 Å². The quantitative estimate of drug-likeness (QED) is 0.638. The number of amides is 1. The van der Waals surface area contributed by atoms with Crippen LogP contribution < -0.4 is 15.6 Å². The first-order valence-corrected chi connectivity index (χ1v) is 9.27. The van der Waals surface area contributed by atoms with Gasteiger partial charge in [0.15, 0.2) is 6.61 Å². The predicted octanol–water partition coefficient (Wildman–Crippen LogP) is 3.41. The number of carbonyl (C=O) groups is 1. The Balaban J connectivity index is 1.54. The van der Waals surface area contributed by atoms with E-state index in [9.17, 15) is 9.59 Å². The molecule has 2 aromatic carbocycles. The summed E-state index contributed by atoms with van der Waals surface area (Å²) >= 11 is 11.9. The van der Waals surface area contributed by atoms with Crippen LogP contribution in [0.4, 0.5) is 0 Å². The summed E-state index contributed by atoms with van der Waals surface area (Å²) in [7, 11) is 0. The van der Waals surface area contributed by atoms with Crippen LogP contribution in [0.5, 0.6) is 5.75 Å². The molecular formula is C20H17Cl2N3O3. The van der Waals surface area contributed by atoms with E-state index in [1.165, 1.54) is 10.7 Å². The second kappa shape index (κ2) is 9.39. The Morgan fingerprint density at radius 2 is 1.82 bits per heavy atom. The van der Waals surface area contributed by atoms with Gasteiger partial charge < -0.3 is 10.1 Å². The monoisotopic (exact) mass is 417 g/mol. The molecule has 8 heteroatoms. The van der Waals surface area contributed by atoms with Gasteiger partial charge in [0.2, 0.25) is 0 Å². The Bertz CT molecular complexity index is 1020. The molecule has 0 aliphatic heterocycles. The number of rotatable bonds is 7. The molecule has 0 atom stereocenters. The summed E-state index contributed by atoms with van der Waals surface area (Å²) in [4.78, 5) is 24.0. The normalized spacial score (nSPS) is 10.5. The highest BCUT2D eigenvalue weighted by Crippen LogP contribution is 2.31. The Morgan fingerprint density at radius 3 is 2.61 bits per heavy atom. The van der Waals surface area contributed by atoms with Crippen LogP contribution in [0.3, 0.4) is 0 Å². The Labute approximate surface area is 171 Å². The van der Waals surface area contributed by atoms with E-state index in [1.54, 1.807) is 24.3 Å². The summed E-state index contributed by atoms with van der Waals surface area (Å²) in [5.41, 5.74) is 1.36. The summed E-state index contributed by atoms with van der Waals surface area (Å²) in [6.45, 7) is 0.256. The van der Waals surface area contributed by atoms with Crippen LogP contribution in [0.1, 0.15) is 0 Å². The molecule has 1 aromatic heterocycles. The number of aromatic nitrogens is 2. The van der Waals surface area contributed by atoms with Crippen molar-refractivity contribution in [3.8, 4) is 17.0 Å². The number of benzene rings is 2. The molecule has 0 aliphatic carbocycles. The standard InChI is InChI=1S/C20H17Cl2N3O3/c21-15-7-4-8-17(20(15)22)28-13-18(26)23-11-12-25-19(27)10-9-16(24-25)14-5-2-1-3-6-14/h1-10H,11-13H2,(H,23,26). The van der Waals surface area contributed by atoms with Crippen LogP contribution in [0.2, 0.25) is 10.0 Å². The van der Waals surface area contributed by atoms with Gasteiger partial charge in [0, 0.05) is 18.2 Å². The molecule has 144 valence electrons. The second-order valence-electron chi connectivity index (χ2n) is 5.84. The Hall–Kier alpha value is -2.83. The van der Waals surface area contributed by atoms with E-state index in [0.717, 1.165) is 5.56 Å². The Kier molecular flexibility index (Phi) is 6.68. The minimum Gasteiger partial charge on any atom is -0.482 e. The van der Waals surface area contributed by atoms with Crippen LogP contribution in [0.15, 0.2) is 65.5 Å². The van der Waals surface area contributed by atoms with Gasteiger partial charge in [-0.15, -0.1) is 0 Å². The molecular weight excluding hydrogens is 401 g/mol. The molecule has 0 fully saturated rings. The number of ether oxygens (including phenoxy) is 1. The molecule has 1 N–H and O–H groups in total. The fourth-order valence-electron chi connectivity index (χ4n) is 2.46. The maximum absolute atomic E-state index is 12.0. The third-order valence-electron chi connectivity index (χ3n) is 3.86. The third kappa shape index (κ3) is 5.12. The van der Waals surface area contributed by atoms with Crippen LogP contribution >= 0.6 is 23.2 Å². The molecule has 3 rings (SSSR count). The summed E-state index contributed by atoms with van der Waals surface area (Å²) in [5, 5.41) is 7.63. The molecule has 0 saturated heterocycles. The molecule has 28 heavy (non-hydrogen) atoms. The summed E-state index contributed by atoms with van der Waals surface area (Å²) in [5.74, 6) is -0.0129. The number of nitrogens with one attached hydrogen (secondary N) is 1. The largest absolute Gasteiger partial charge is 0.482 e. The average molecular weight is 418 g/mol. The van der Waals surface area contributed by atoms with Gasteiger partial charge in [0.1, 0.15) is 10.8 Å². The maximum Gasteiger partial charge on any atom is 0.266 e. The molecule has 0 unspecified atom stereocenters. The first-order chi connectivity index (χ1) is 13.5. The van der Waals surface area contributed by atoms with E-state index in [1.807, 2.05) is 30.3 Å². The van der Waals surface area contributed by atoms with Crippen LogP contribution in [0, 0.1) is 0 Å². The van der Waals surface area contributed by atoms with Crippen LogP contribution in [0.25, 0.3) is 11.3 Å². The van der Waals surface area contributed by atoms with Gasteiger partial charge in [-0.1, -0.05) is 59.6 Å². The molecule has 6 nitrogen and oxygen atoms in total. The molecule has 0 aliphatic rings. The van der Waals surface area contributed by atoms with Gasteiger partial charge in [-0.05, 0) is 18.2 Å². The number of carbonyl (C=O) groups excluding carboxylic acids is 1. The zero-order valence-corrected chi connectivity index (χ0v) is 16.3. The lowest BCUT2D eigenvalue weighted by Crippen LogP contribution is -2.34. The van der Waals surface area contributed by atoms with Gasteiger partial charge in [0.25, 0.3) is 11.5 Å². The number of nitrogens with zero attached hydrogens (tertiary/aromatic N) is 2. The van der Waals surface area contributed by atoms with Gasteiger partial charge >= 0.3 is 0 Å². The van der Waals surface area contributed by atoms with Crippen molar-refractivity contribution in [2.24, 2.45) is 0 Å². The smallest absolute Gasteiger partial charge is 0.266 e. The topological polar surface area (TPSA) is 73.2 Å². The average Bonchev–Trinajstić information content (AvgIpc) is 2.71. The van der Waals surface area contributed by atoms with Crippen molar-refractivity contribution < 1.29 is 9.53 Å². The highest BCUT2D eigenvalue weighted by molar-refractivity contribution is 6.42. The molecule has 3 aromatic rings. The molecule has 1 heterocycles. The first-order valence-electron chi connectivity index (χ1n) is 8.51. The third-order valence-corrected chi connectivity index (χ3v) is 4.66. The summed E-state index contributed by atoms with van der Waals surface area (Å²) < 4.78 is 6.69. The molecule has 0 radical (unpaired) electrons. The van der Waals surface area contributed by atoms with E-state index >= 15 is 0 Å². The molecule has 1 amide bonds. The zero-order valence-electron chi connectivity index (χ0n) is 14.8. The Morgan fingerprint density at radius 1 is 1.04 bits per heavy atom. The van der Waals surface area contributed by atoms with Gasteiger partial charge in [0.05, 0.1) is 17.3 Å². The van der Waals surface area contributed by atoms with Crippen molar-refractivity contribution >= 4 is 29.1 Å². The van der Waals surface area contributed by atoms with E-state index in [0.29, 0.717) is 16.5 Å². The summed E-state index contributed by atoms with van der Waals surface area (Å²) in [6.07, 6.45) is 0. The fraction of sp³-hybridized carbons (Fsp3) is 0.150. The molecule has 0 bridgehead atoms. The zero-order chi connectivity index (χ0) is 19.9. The molecule has 0 saturated carbocycles. The van der Waals surface area contributed by atoms with Crippen molar-refractivity contribution in [2.75, 3.05) is 13.2 Å². The predicted molar refractivity (Wildman–Crippen MR) is 109 cm³/mol. The van der Waals surface area contributed by atoms with Crippen molar-refractivity contribution in [1.29, 1.82) is 0 Å². The lowest BCUT2D eigenvalue weighted by atomic mass is 10.1. The highest BCUT2D eigenvalue weighted by atomic mass is 35.5. The lowest BCUT2D eigenvalue weighted by Gasteiger charge is -2.10. The van der Waals surface area contributed by atoms with Crippen LogP contribution in [-0.4, -0.2) is 28.8 Å². The van der Waals surface area contributed by atoms with E-state index in [-0.39, 0.29) is 36.2 Å². The number of halogens is 2. The second-order valence-corrected chi connectivity index (χ2v) is 6.62. The number of hydrogen-bond donors (Lipinski definition) is 1. The van der Waals surface area contributed by atoms with Gasteiger partial charge in [-0.3, -0.25) is 9.59 Å². The van der Waals surface area contributed by atoms with Crippen molar-refractivity contribution in [2.45, 2.75) is 6.54 Å². The lowest BCUT2D eigenvalue weighted by molar-refractivity contribution is -0.123. The highest BCUT2D eigenvalue weighted by Gasteiger charge is 2.09. The fourth-order valence-corrected chi connectivity index (χ4v) is 2.81. The van der Waals surface area contributed by atoms with Gasteiger partial charge in [-0.2, -0.15) is 5.10 Å². The number of hydrogen-bond acceptors (Lipinski definition) is 4. The van der Waals surface area contributed by atoms with E-state index in [4.69, 9.17) is 27.9 Å². The molecule has 0 spiro atoms.